The minimum Gasteiger partial charge on any atom is -0.343 e. The molecule has 0 radical (unpaired) electrons. The second-order valence-corrected chi connectivity index (χ2v) is 8.12. The van der Waals surface area contributed by atoms with E-state index in [1.54, 1.807) is 36.4 Å². The third kappa shape index (κ3) is 6.61. The first-order valence-electron chi connectivity index (χ1n) is 10.5. The maximum absolute atomic E-state index is 13.2. The zero-order valence-electron chi connectivity index (χ0n) is 18.7. The maximum atomic E-state index is 13.2. The lowest BCUT2D eigenvalue weighted by molar-refractivity contribution is -0.141. The van der Waals surface area contributed by atoms with Crippen molar-refractivity contribution < 1.29 is 26.3 Å². The summed E-state index contributed by atoms with van der Waals surface area (Å²) in [5.41, 5.74) is 0.168. The number of rotatable bonds is 6. The lowest BCUT2D eigenvalue weighted by atomic mass is 10.1. The lowest BCUT2D eigenvalue weighted by Gasteiger charge is -2.18. The minimum absolute atomic E-state index is 0.227. The van der Waals surface area contributed by atoms with Gasteiger partial charge < -0.3 is 10.6 Å². The smallest absolute Gasteiger partial charge is 0.343 e. The Morgan fingerprint density at radius 2 is 1.51 bits per heavy atom. The number of pyridine rings is 2. The molecular weight excluding hydrogens is 524 g/mol. The average Bonchev–Trinajstić information content (AvgIpc) is 2.83. The van der Waals surface area contributed by atoms with Crippen molar-refractivity contribution in [1.29, 1.82) is 0 Å². The summed E-state index contributed by atoms with van der Waals surface area (Å²) in [6, 6.07) is 11.0. The molecule has 1 aromatic carbocycles. The van der Waals surface area contributed by atoms with Gasteiger partial charge in [0, 0.05) is 22.5 Å². The summed E-state index contributed by atoms with van der Waals surface area (Å²) in [6.45, 7) is 0.848. The Balaban J connectivity index is 1.72. The highest BCUT2D eigenvalue weighted by Crippen LogP contribution is 2.30. The fraction of sp³-hybridized carbons (Fsp3) is 0.174. The van der Waals surface area contributed by atoms with Gasteiger partial charge in [-0.15, -0.1) is 0 Å². The minimum atomic E-state index is -4.74. The molecule has 3 heterocycles. The molecular formula is C23H16ClF6N7. The Morgan fingerprint density at radius 1 is 0.811 bits per heavy atom. The first kappa shape index (κ1) is 26.1. The third-order valence-electron chi connectivity index (χ3n) is 4.90. The predicted molar refractivity (Wildman–Crippen MR) is 125 cm³/mol. The molecule has 14 heteroatoms. The molecule has 4 rings (SSSR count). The standard InChI is InChI=1S/C23H16ClF6N7/c1-12(22(25,26)27)32-20-35-19(16-3-2-4-18(34-16)23(28,29)30)36-21(37-20)33-15-9-10-31-17(11-15)13-5-7-14(24)8-6-13/h2-12H,1H3,(H2,31,32,33,35,36,37)/t12-/m1/s1. The first-order chi connectivity index (χ1) is 17.4. The van der Waals surface area contributed by atoms with Gasteiger partial charge in [-0.3, -0.25) is 4.98 Å². The van der Waals surface area contributed by atoms with E-state index in [-0.39, 0.29) is 17.5 Å². The van der Waals surface area contributed by atoms with Crippen LogP contribution in [0.5, 0.6) is 0 Å². The summed E-state index contributed by atoms with van der Waals surface area (Å²) in [4.78, 5) is 19.7. The van der Waals surface area contributed by atoms with Crippen molar-refractivity contribution in [2.24, 2.45) is 0 Å². The van der Waals surface area contributed by atoms with Gasteiger partial charge in [-0.25, -0.2) is 4.98 Å². The summed E-state index contributed by atoms with van der Waals surface area (Å²) in [5.74, 6) is -1.11. The van der Waals surface area contributed by atoms with Crippen LogP contribution in [-0.2, 0) is 6.18 Å². The fourth-order valence-corrected chi connectivity index (χ4v) is 3.15. The van der Waals surface area contributed by atoms with Gasteiger partial charge in [-0.1, -0.05) is 29.8 Å². The van der Waals surface area contributed by atoms with Gasteiger partial charge in [-0.2, -0.15) is 41.3 Å². The van der Waals surface area contributed by atoms with Crippen LogP contribution in [0.15, 0.2) is 60.8 Å². The molecule has 0 saturated heterocycles. The van der Waals surface area contributed by atoms with E-state index in [4.69, 9.17) is 11.6 Å². The van der Waals surface area contributed by atoms with Crippen LogP contribution >= 0.6 is 11.6 Å². The summed E-state index contributed by atoms with van der Waals surface area (Å²) in [6.07, 6.45) is -7.90. The number of halogens is 7. The van der Waals surface area contributed by atoms with E-state index >= 15 is 0 Å². The largest absolute Gasteiger partial charge is 0.433 e. The van der Waals surface area contributed by atoms with Crippen LogP contribution in [0.25, 0.3) is 22.8 Å². The van der Waals surface area contributed by atoms with Crippen LogP contribution in [0.2, 0.25) is 5.02 Å². The molecule has 1 atom stereocenters. The number of alkyl halides is 6. The van der Waals surface area contributed by atoms with Crippen LogP contribution in [0.3, 0.4) is 0 Å². The normalized spacial score (nSPS) is 12.8. The van der Waals surface area contributed by atoms with Crippen molar-refractivity contribution in [2.75, 3.05) is 10.6 Å². The number of anilines is 3. The summed E-state index contributed by atoms with van der Waals surface area (Å²) < 4.78 is 78.8. The predicted octanol–water partition coefficient (Wildman–Crippen LogP) is 6.77. The number of hydrogen-bond acceptors (Lipinski definition) is 7. The topological polar surface area (TPSA) is 88.5 Å². The Labute approximate surface area is 211 Å². The maximum Gasteiger partial charge on any atom is 0.433 e. The average molecular weight is 540 g/mol. The van der Waals surface area contributed by atoms with Crippen LogP contribution < -0.4 is 10.6 Å². The van der Waals surface area contributed by atoms with Crippen molar-refractivity contribution in [3.63, 3.8) is 0 Å². The number of hydrogen-bond donors (Lipinski definition) is 2. The third-order valence-corrected chi connectivity index (χ3v) is 5.15. The highest BCUT2D eigenvalue weighted by molar-refractivity contribution is 6.30. The van der Waals surface area contributed by atoms with Gasteiger partial charge in [-0.05, 0) is 43.3 Å². The van der Waals surface area contributed by atoms with E-state index in [0.717, 1.165) is 24.6 Å². The van der Waals surface area contributed by atoms with E-state index in [0.29, 0.717) is 16.4 Å². The van der Waals surface area contributed by atoms with E-state index in [9.17, 15) is 26.3 Å². The fourth-order valence-electron chi connectivity index (χ4n) is 3.02. The van der Waals surface area contributed by atoms with Gasteiger partial charge in [0.15, 0.2) is 5.82 Å². The van der Waals surface area contributed by atoms with Crippen molar-refractivity contribution in [3.8, 4) is 22.8 Å². The van der Waals surface area contributed by atoms with E-state index in [1.807, 2.05) is 0 Å². The van der Waals surface area contributed by atoms with Gasteiger partial charge >= 0.3 is 12.4 Å². The second-order valence-electron chi connectivity index (χ2n) is 7.68. The highest BCUT2D eigenvalue weighted by atomic mass is 35.5. The first-order valence-corrected chi connectivity index (χ1v) is 10.9. The molecule has 2 N–H and O–H groups in total. The van der Waals surface area contributed by atoms with Gasteiger partial charge in [0.1, 0.15) is 17.4 Å². The van der Waals surface area contributed by atoms with Gasteiger partial charge in [0.2, 0.25) is 11.9 Å². The zero-order valence-corrected chi connectivity index (χ0v) is 19.5. The number of nitrogens with one attached hydrogen (secondary N) is 2. The molecule has 192 valence electrons. The molecule has 37 heavy (non-hydrogen) atoms. The number of benzene rings is 1. The molecule has 7 nitrogen and oxygen atoms in total. The summed E-state index contributed by atoms with van der Waals surface area (Å²) in [7, 11) is 0. The Kier molecular flexibility index (Phi) is 7.16. The van der Waals surface area contributed by atoms with E-state index in [1.165, 1.54) is 12.3 Å². The summed E-state index contributed by atoms with van der Waals surface area (Å²) >= 11 is 5.92. The van der Waals surface area contributed by atoms with Gasteiger partial charge in [0.25, 0.3) is 0 Å². The van der Waals surface area contributed by atoms with Crippen LogP contribution in [-0.4, -0.2) is 37.1 Å². The SMILES string of the molecule is C[C@@H](Nc1nc(Nc2ccnc(-c3ccc(Cl)cc3)c2)nc(-c2cccc(C(F)(F)F)n2)n1)C(F)(F)F. The summed E-state index contributed by atoms with van der Waals surface area (Å²) in [5, 5.41) is 5.47. The highest BCUT2D eigenvalue weighted by Gasteiger charge is 2.37. The Hall–Kier alpha value is -4.00. The molecule has 0 aliphatic heterocycles. The molecule has 0 saturated carbocycles. The molecule has 4 aromatic rings. The second kappa shape index (κ2) is 10.2. The molecule has 0 unspecified atom stereocenters. The van der Waals surface area contributed by atoms with Crippen molar-refractivity contribution >= 4 is 29.2 Å². The molecule has 3 aromatic heterocycles. The molecule has 0 aliphatic carbocycles. The molecule has 0 aliphatic rings. The Bertz CT molecular complexity index is 1390. The number of aromatic nitrogens is 5. The van der Waals surface area contributed by atoms with Crippen molar-refractivity contribution in [3.05, 3.63) is 71.5 Å². The quantitative estimate of drug-likeness (QED) is 0.261. The van der Waals surface area contributed by atoms with E-state index in [2.05, 4.69) is 35.6 Å². The zero-order chi connectivity index (χ0) is 26.8. The molecule has 0 bridgehead atoms. The number of nitrogens with zero attached hydrogens (tertiary/aromatic N) is 5. The van der Waals surface area contributed by atoms with Crippen molar-refractivity contribution in [1.82, 2.24) is 24.9 Å². The van der Waals surface area contributed by atoms with E-state index < -0.39 is 30.0 Å². The molecule has 0 spiro atoms. The van der Waals surface area contributed by atoms with Crippen molar-refractivity contribution in [2.45, 2.75) is 25.3 Å². The van der Waals surface area contributed by atoms with Crippen LogP contribution in [0.4, 0.5) is 43.9 Å². The molecule has 0 fully saturated rings. The Morgan fingerprint density at radius 3 is 2.19 bits per heavy atom. The monoisotopic (exact) mass is 539 g/mol. The van der Waals surface area contributed by atoms with Crippen LogP contribution in [0, 0.1) is 0 Å². The van der Waals surface area contributed by atoms with Gasteiger partial charge in [0.05, 0.1) is 5.69 Å². The molecule has 0 amide bonds. The lowest BCUT2D eigenvalue weighted by Crippen LogP contribution is -2.34. The van der Waals surface area contributed by atoms with Crippen LogP contribution in [0.1, 0.15) is 12.6 Å².